The van der Waals surface area contributed by atoms with Crippen molar-refractivity contribution in [3.8, 4) is 11.1 Å². The maximum absolute atomic E-state index is 3.86. The Labute approximate surface area is 139 Å². The Kier molecular flexibility index (Phi) is 3.12. The van der Waals surface area contributed by atoms with Crippen LogP contribution in [0.15, 0.2) is 48.5 Å². The van der Waals surface area contributed by atoms with Crippen molar-refractivity contribution in [2.24, 2.45) is 5.92 Å². The van der Waals surface area contributed by atoms with Gasteiger partial charge in [0.1, 0.15) is 0 Å². The molecular formula is C22H25N. The van der Waals surface area contributed by atoms with Gasteiger partial charge in [-0.25, -0.2) is 0 Å². The van der Waals surface area contributed by atoms with E-state index < -0.39 is 0 Å². The fourth-order valence-electron chi connectivity index (χ4n) is 5.85. The molecule has 0 spiro atoms. The van der Waals surface area contributed by atoms with E-state index in [0.717, 1.165) is 5.92 Å². The van der Waals surface area contributed by atoms with Crippen molar-refractivity contribution in [1.29, 1.82) is 0 Å². The average molecular weight is 303 g/mol. The number of fused-ring (bicyclic) bond motifs is 1. The van der Waals surface area contributed by atoms with Crippen molar-refractivity contribution in [1.82, 2.24) is 5.32 Å². The third kappa shape index (κ3) is 1.96. The van der Waals surface area contributed by atoms with Crippen LogP contribution < -0.4 is 5.32 Å². The van der Waals surface area contributed by atoms with Crippen molar-refractivity contribution in [2.45, 2.75) is 50.0 Å². The van der Waals surface area contributed by atoms with E-state index in [9.17, 15) is 0 Å². The van der Waals surface area contributed by atoms with Gasteiger partial charge in [0.2, 0.25) is 0 Å². The highest BCUT2D eigenvalue weighted by molar-refractivity contribution is 5.70. The number of hydrogen-bond donors (Lipinski definition) is 1. The smallest absolute Gasteiger partial charge is 0.0145 e. The molecule has 0 radical (unpaired) electrons. The molecule has 1 heteroatoms. The minimum atomic E-state index is 0.465. The van der Waals surface area contributed by atoms with Crippen molar-refractivity contribution in [3.05, 3.63) is 59.7 Å². The van der Waals surface area contributed by atoms with Crippen LogP contribution in [-0.4, -0.2) is 12.6 Å². The summed E-state index contributed by atoms with van der Waals surface area (Å²) < 4.78 is 0. The summed E-state index contributed by atoms with van der Waals surface area (Å²) >= 11 is 0. The molecule has 2 aliphatic carbocycles. The fraction of sp³-hybridized carbons (Fsp3) is 0.455. The highest BCUT2D eigenvalue weighted by atomic mass is 15.0. The highest BCUT2D eigenvalue weighted by Crippen LogP contribution is 2.54. The summed E-state index contributed by atoms with van der Waals surface area (Å²) in [5.41, 5.74) is 6.65. The van der Waals surface area contributed by atoms with E-state index in [1.807, 2.05) is 0 Å². The van der Waals surface area contributed by atoms with Crippen molar-refractivity contribution >= 4 is 0 Å². The van der Waals surface area contributed by atoms with Gasteiger partial charge in [-0.15, -0.1) is 0 Å². The lowest BCUT2D eigenvalue weighted by molar-refractivity contribution is 0.0799. The predicted molar refractivity (Wildman–Crippen MR) is 95.6 cm³/mol. The highest BCUT2D eigenvalue weighted by Gasteiger charge is 2.51. The molecule has 2 bridgehead atoms. The molecule has 1 saturated heterocycles. The molecule has 2 fully saturated rings. The van der Waals surface area contributed by atoms with E-state index in [4.69, 9.17) is 0 Å². The second-order valence-electron chi connectivity index (χ2n) is 7.72. The molecule has 1 saturated carbocycles. The zero-order valence-corrected chi connectivity index (χ0v) is 13.7. The molecule has 23 heavy (non-hydrogen) atoms. The summed E-state index contributed by atoms with van der Waals surface area (Å²) in [6, 6.07) is 18.8. The fourth-order valence-corrected chi connectivity index (χ4v) is 5.85. The van der Waals surface area contributed by atoms with Crippen LogP contribution in [-0.2, 0) is 11.8 Å². The molecule has 0 unspecified atom stereocenters. The lowest BCUT2D eigenvalue weighted by Crippen LogP contribution is -2.59. The molecule has 1 nitrogen and oxygen atoms in total. The molecule has 2 aromatic rings. The maximum Gasteiger partial charge on any atom is 0.0145 e. The zero-order chi connectivity index (χ0) is 15.3. The van der Waals surface area contributed by atoms with Gasteiger partial charge in [-0.3, -0.25) is 0 Å². The van der Waals surface area contributed by atoms with Crippen LogP contribution in [0.3, 0.4) is 0 Å². The number of hydrogen-bond acceptors (Lipinski definition) is 1. The first-order chi connectivity index (χ1) is 11.4. The van der Waals surface area contributed by atoms with Crippen LogP contribution in [0.1, 0.15) is 43.2 Å². The predicted octanol–water partition coefficient (Wildman–Crippen LogP) is 4.70. The Bertz CT molecular complexity index is 716. The quantitative estimate of drug-likeness (QED) is 0.805. The number of piperidine rings is 1. The summed E-state index contributed by atoms with van der Waals surface area (Å²) in [6.45, 7) is 1.20. The first-order valence-electron chi connectivity index (χ1n) is 9.30. The number of rotatable bonds is 1. The van der Waals surface area contributed by atoms with Gasteiger partial charge in [0.15, 0.2) is 0 Å². The number of nitrogens with one attached hydrogen (secondary N) is 1. The minimum Gasteiger partial charge on any atom is -0.313 e. The topological polar surface area (TPSA) is 12.0 Å². The first-order valence-corrected chi connectivity index (χ1v) is 9.30. The lowest BCUT2D eigenvalue weighted by Gasteiger charge is -2.56. The average Bonchev–Trinajstić information content (AvgIpc) is 2.62. The summed E-state index contributed by atoms with van der Waals surface area (Å²) in [5.74, 6) is 0.864. The summed E-state index contributed by atoms with van der Waals surface area (Å²) in [7, 11) is 0. The van der Waals surface area contributed by atoms with Crippen LogP contribution >= 0.6 is 0 Å². The van der Waals surface area contributed by atoms with E-state index in [0.29, 0.717) is 11.5 Å². The largest absolute Gasteiger partial charge is 0.313 e. The molecule has 1 aliphatic heterocycles. The van der Waals surface area contributed by atoms with E-state index in [1.165, 1.54) is 56.2 Å². The normalized spacial score (nSPS) is 32.0. The second kappa shape index (κ2) is 5.21. The third-order valence-corrected chi connectivity index (χ3v) is 6.78. The molecule has 3 aliphatic rings. The molecule has 1 heterocycles. The van der Waals surface area contributed by atoms with Gasteiger partial charge in [0.05, 0.1) is 0 Å². The Balaban J connectivity index is 1.72. The standard InChI is InChI=1S/C22H25N/c1-2-7-16(8-3-1)17-9-6-11-19-18(17)15-21-20-10-4-5-12-22(19,20)13-14-23-21/h1-3,6-9,11,20-21,23H,4-5,10,12-15H2/t20-,21+,22-/m0/s1. The van der Waals surface area contributed by atoms with E-state index in [2.05, 4.69) is 53.8 Å². The van der Waals surface area contributed by atoms with Crippen LogP contribution in [0.2, 0.25) is 0 Å². The number of benzene rings is 2. The van der Waals surface area contributed by atoms with Gasteiger partial charge >= 0.3 is 0 Å². The van der Waals surface area contributed by atoms with Gasteiger partial charge in [0.25, 0.3) is 0 Å². The summed E-state index contributed by atoms with van der Waals surface area (Å²) in [6.07, 6.45) is 8.22. The van der Waals surface area contributed by atoms with Crippen molar-refractivity contribution in [2.75, 3.05) is 6.54 Å². The molecule has 5 rings (SSSR count). The van der Waals surface area contributed by atoms with Gasteiger partial charge in [-0.05, 0) is 60.4 Å². The molecule has 1 N–H and O–H groups in total. The van der Waals surface area contributed by atoms with Gasteiger partial charge in [0, 0.05) is 11.5 Å². The molecule has 118 valence electrons. The van der Waals surface area contributed by atoms with Crippen LogP contribution in [0.5, 0.6) is 0 Å². The van der Waals surface area contributed by atoms with Gasteiger partial charge in [-0.1, -0.05) is 61.4 Å². The Morgan fingerprint density at radius 3 is 2.74 bits per heavy atom. The first kappa shape index (κ1) is 13.8. The van der Waals surface area contributed by atoms with E-state index >= 15 is 0 Å². The van der Waals surface area contributed by atoms with Gasteiger partial charge in [-0.2, -0.15) is 0 Å². The maximum atomic E-state index is 3.86. The van der Waals surface area contributed by atoms with Crippen molar-refractivity contribution in [3.63, 3.8) is 0 Å². The molecule has 0 aromatic heterocycles. The van der Waals surface area contributed by atoms with Crippen LogP contribution in [0, 0.1) is 5.92 Å². The second-order valence-corrected chi connectivity index (χ2v) is 7.72. The molecule has 0 amide bonds. The van der Waals surface area contributed by atoms with Crippen LogP contribution in [0.25, 0.3) is 11.1 Å². The van der Waals surface area contributed by atoms with E-state index in [1.54, 1.807) is 11.1 Å². The summed E-state index contributed by atoms with van der Waals surface area (Å²) in [5, 5.41) is 3.86. The van der Waals surface area contributed by atoms with Crippen LogP contribution in [0.4, 0.5) is 0 Å². The Morgan fingerprint density at radius 1 is 0.913 bits per heavy atom. The Morgan fingerprint density at radius 2 is 1.83 bits per heavy atom. The van der Waals surface area contributed by atoms with Crippen molar-refractivity contribution < 1.29 is 0 Å². The lowest BCUT2D eigenvalue weighted by atomic mass is 9.52. The molecule has 2 aromatic carbocycles. The minimum absolute atomic E-state index is 0.465. The zero-order valence-electron chi connectivity index (χ0n) is 13.7. The molecular weight excluding hydrogens is 278 g/mol. The third-order valence-electron chi connectivity index (χ3n) is 6.78. The monoisotopic (exact) mass is 303 g/mol. The Hall–Kier alpha value is -1.60. The summed E-state index contributed by atoms with van der Waals surface area (Å²) in [4.78, 5) is 0. The molecule has 3 atom stereocenters. The van der Waals surface area contributed by atoms with E-state index in [-0.39, 0.29) is 0 Å². The SMILES string of the molecule is c1ccc(-c2cccc3c2C[C@H]2NCC[C@@]34CCCC[C@@H]24)cc1. The van der Waals surface area contributed by atoms with Gasteiger partial charge < -0.3 is 5.32 Å².